The summed E-state index contributed by atoms with van der Waals surface area (Å²) in [7, 11) is 0. The number of hydrogen-bond donors (Lipinski definition) is 1. The van der Waals surface area contributed by atoms with Crippen LogP contribution in [0.3, 0.4) is 0 Å². The van der Waals surface area contributed by atoms with E-state index in [0.717, 1.165) is 18.1 Å². The van der Waals surface area contributed by atoms with Crippen LogP contribution in [0.2, 0.25) is 0 Å². The molecule has 0 spiro atoms. The van der Waals surface area contributed by atoms with Crippen molar-refractivity contribution in [1.82, 2.24) is 0 Å². The molecule has 0 heterocycles. The van der Waals surface area contributed by atoms with Crippen molar-refractivity contribution >= 4 is 5.97 Å². The van der Waals surface area contributed by atoms with Crippen LogP contribution in [-0.4, -0.2) is 11.1 Å². The van der Waals surface area contributed by atoms with E-state index in [0.29, 0.717) is 11.6 Å². The SMILES string of the molecule is [3H]C(/C=C(C)\C=C\C1=C(C)CCCC1(C)C)=C\C(C)=C\C(=O)O. The third kappa shape index (κ3) is 5.88. The van der Waals surface area contributed by atoms with Gasteiger partial charge >= 0.3 is 5.97 Å². The number of carboxylic acid groups (broad SMARTS) is 1. The first-order valence-corrected chi connectivity index (χ1v) is 7.78. The summed E-state index contributed by atoms with van der Waals surface area (Å²) in [5.41, 5.74) is 4.60. The van der Waals surface area contributed by atoms with Gasteiger partial charge in [0.2, 0.25) is 0 Å². The van der Waals surface area contributed by atoms with E-state index in [-0.39, 0.29) is 5.41 Å². The van der Waals surface area contributed by atoms with Crippen LogP contribution in [0.5, 0.6) is 0 Å². The molecule has 1 aliphatic rings. The molecule has 1 aliphatic carbocycles. The molecule has 0 bridgehead atoms. The van der Waals surface area contributed by atoms with Crippen molar-refractivity contribution < 1.29 is 11.3 Å². The molecule has 0 aromatic carbocycles. The minimum atomic E-state index is -0.992. The van der Waals surface area contributed by atoms with Crippen LogP contribution in [0.15, 0.2) is 58.7 Å². The molecular formula is C20H28O2. The van der Waals surface area contributed by atoms with Crippen LogP contribution >= 0.6 is 0 Å². The van der Waals surface area contributed by atoms with Gasteiger partial charge in [0.25, 0.3) is 0 Å². The molecule has 1 rings (SSSR count). The van der Waals surface area contributed by atoms with Gasteiger partial charge in [0.15, 0.2) is 0 Å². The number of hydrogen-bond acceptors (Lipinski definition) is 1. The smallest absolute Gasteiger partial charge is 0.328 e. The van der Waals surface area contributed by atoms with Gasteiger partial charge in [0, 0.05) is 6.08 Å². The van der Waals surface area contributed by atoms with Crippen molar-refractivity contribution in [3.05, 3.63) is 58.7 Å². The van der Waals surface area contributed by atoms with Crippen LogP contribution < -0.4 is 0 Å². The summed E-state index contributed by atoms with van der Waals surface area (Å²) in [5.74, 6) is -0.992. The van der Waals surface area contributed by atoms with Gasteiger partial charge in [-0.1, -0.05) is 55.3 Å². The van der Waals surface area contributed by atoms with E-state index in [4.69, 9.17) is 6.48 Å². The lowest BCUT2D eigenvalue weighted by Crippen LogP contribution is -2.19. The van der Waals surface area contributed by atoms with Crippen molar-refractivity contribution in [2.45, 2.75) is 53.9 Å². The Labute approximate surface area is 136 Å². The van der Waals surface area contributed by atoms with Crippen molar-refractivity contribution in [2.24, 2.45) is 5.41 Å². The second kappa shape index (κ2) is 7.98. The van der Waals surface area contributed by atoms with Gasteiger partial charge in [0.05, 0.1) is 1.37 Å². The predicted octanol–water partition coefficient (Wildman–Crippen LogP) is 5.60. The van der Waals surface area contributed by atoms with E-state index >= 15 is 0 Å². The average molecular weight is 302 g/mol. The van der Waals surface area contributed by atoms with Crippen molar-refractivity contribution in [3.8, 4) is 0 Å². The molecular weight excluding hydrogens is 272 g/mol. The van der Waals surface area contributed by atoms with E-state index in [2.05, 4.69) is 26.8 Å². The van der Waals surface area contributed by atoms with Crippen LogP contribution in [0.25, 0.3) is 0 Å². The summed E-state index contributed by atoms with van der Waals surface area (Å²) in [6, 6.07) is 0.302. The molecule has 0 aromatic rings. The quantitative estimate of drug-likeness (QED) is 0.530. The fourth-order valence-corrected chi connectivity index (χ4v) is 2.81. The Bertz CT molecular complexity index is 614. The molecule has 2 nitrogen and oxygen atoms in total. The zero-order valence-electron chi connectivity index (χ0n) is 15.4. The molecule has 0 saturated heterocycles. The lowest BCUT2D eigenvalue weighted by molar-refractivity contribution is -0.131. The Hall–Kier alpha value is -1.83. The Morgan fingerprint density at radius 1 is 1.27 bits per heavy atom. The molecule has 0 saturated carbocycles. The van der Waals surface area contributed by atoms with Crippen LogP contribution in [0.4, 0.5) is 0 Å². The second-order valence-electron chi connectivity index (χ2n) is 6.69. The van der Waals surface area contributed by atoms with Crippen LogP contribution in [0.1, 0.15) is 55.3 Å². The summed E-state index contributed by atoms with van der Waals surface area (Å²) < 4.78 is 7.92. The maximum Gasteiger partial charge on any atom is 0.328 e. The normalized spacial score (nSPS) is 21.3. The lowest BCUT2D eigenvalue weighted by Gasteiger charge is -2.32. The van der Waals surface area contributed by atoms with Crippen LogP contribution in [0, 0.1) is 5.41 Å². The molecule has 0 amide bonds. The standard InChI is InChI=1S/C20H28O2/c1-15(8-6-9-16(2)14-19(21)22)11-12-18-17(3)10-7-13-20(18,4)5/h6,8-9,11-12,14H,7,10,13H2,1-5H3,(H,21,22)/b9-6+,12-11+,15-8-,16-14+/i6T. The average Bonchev–Trinajstić information content (AvgIpc) is 2.35. The first-order valence-electron chi connectivity index (χ1n) is 8.28. The first-order chi connectivity index (χ1) is 10.6. The maximum absolute atomic E-state index is 10.6. The van der Waals surface area contributed by atoms with E-state index in [1.165, 1.54) is 24.0 Å². The molecule has 1 N–H and O–H groups in total. The van der Waals surface area contributed by atoms with E-state index in [9.17, 15) is 4.79 Å². The molecule has 0 unspecified atom stereocenters. The highest BCUT2D eigenvalue weighted by molar-refractivity contribution is 5.81. The molecule has 0 aliphatic heterocycles. The molecule has 2 heteroatoms. The maximum atomic E-state index is 10.6. The number of aliphatic carboxylic acids is 1. The van der Waals surface area contributed by atoms with Crippen molar-refractivity contribution in [3.63, 3.8) is 0 Å². The molecule has 0 aromatic heterocycles. The van der Waals surface area contributed by atoms with E-state index in [1.54, 1.807) is 19.1 Å². The summed E-state index contributed by atoms with van der Waals surface area (Å²) in [5, 5.41) is 8.68. The van der Waals surface area contributed by atoms with Gasteiger partial charge in [-0.25, -0.2) is 4.79 Å². The highest BCUT2D eigenvalue weighted by Gasteiger charge is 2.26. The van der Waals surface area contributed by atoms with Crippen LogP contribution in [-0.2, 0) is 4.79 Å². The largest absolute Gasteiger partial charge is 0.478 e. The fourth-order valence-electron chi connectivity index (χ4n) is 2.81. The molecule has 0 fully saturated rings. The molecule has 0 radical (unpaired) electrons. The third-order valence-corrected chi connectivity index (χ3v) is 4.03. The highest BCUT2D eigenvalue weighted by Crippen LogP contribution is 2.40. The van der Waals surface area contributed by atoms with Crippen molar-refractivity contribution in [1.29, 1.82) is 0 Å². The van der Waals surface area contributed by atoms with Gasteiger partial charge in [0.1, 0.15) is 0 Å². The number of carbonyl (C=O) groups is 1. The minimum Gasteiger partial charge on any atom is -0.478 e. The molecule has 0 atom stereocenters. The summed E-state index contributed by atoms with van der Waals surface area (Å²) >= 11 is 0. The van der Waals surface area contributed by atoms with Gasteiger partial charge < -0.3 is 5.11 Å². The number of rotatable bonds is 5. The van der Waals surface area contributed by atoms with Crippen molar-refractivity contribution in [2.75, 3.05) is 0 Å². The summed E-state index contributed by atoms with van der Waals surface area (Å²) in [6.07, 6.45) is 12.2. The topological polar surface area (TPSA) is 37.3 Å². The molecule has 120 valence electrons. The number of carboxylic acids is 1. The van der Waals surface area contributed by atoms with Gasteiger partial charge in [-0.05, 0) is 56.6 Å². The monoisotopic (exact) mass is 302 g/mol. The zero-order chi connectivity index (χ0) is 17.6. The second-order valence-corrected chi connectivity index (χ2v) is 6.69. The van der Waals surface area contributed by atoms with Gasteiger partial charge in [-0.15, -0.1) is 0 Å². The Kier molecular flexibility index (Phi) is 6.00. The minimum absolute atomic E-state index is 0.208. The fraction of sp³-hybridized carbons (Fsp3) is 0.450. The zero-order valence-corrected chi connectivity index (χ0v) is 14.4. The van der Waals surface area contributed by atoms with E-state index < -0.39 is 5.97 Å². The van der Waals surface area contributed by atoms with Gasteiger partial charge in [-0.3, -0.25) is 0 Å². The predicted molar refractivity (Wildman–Crippen MR) is 93.8 cm³/mol. The third-order valence-electron chi connectivity index (χ3n) is 4.03. The first kappa shape index (κ1) is 16.5. The van der Waals surface area contributed by atoms with E-state index in [1.807, 2.05) is 13.0 Å². The Morgan fingerprint density at radius 3 is 2.55 bits per heavy atom. The van der Waals surface area contributed by atoms with Gasteiger partial charge in [-0.2, -0.15) is 0 Å². The molecule has 22 heavy (non-hydrogen) atoms. The number of allylic oxidation sites excluding steroid dienone is 9. The summed E-state index contributed by atoms with van der Waals surface area (Å²) in [6.45, 7) is 10.4. The Morgan fingerprint density at radius 2 is 1.95 bits per heavy atom. The highest BCUT2D eigenvalue weighted by atomic mass is 16.4. The lowest BCUT2D eigenvalue weighted by atomic mass is 9.72. The summed E-state index contributed by atoms with van der Waals surface area (Å²) in [4.78, 5) is 10.6. The Balaban J connectivity index is 2.92.